The van der Waals surface area contributed by atoms with E-state index < -0.39 is 27.6 Å². The number of hydrogen-bond donors (Lipinski definition) is 3. The highest BCUT2D eigenvalue weighted by Crippen LogP contribution is 2.31. The van der Waals surface area contributed by atoms with Gasteiger partial charge < -0.3 is 9.84 Å². The molecule has 2 aromatic rings. The lowest BCUT2D eigenvalue weighted by atomic mass is 9.89. The summed E-state index contributed by atoms with van der Waals surface area (Å²) >= 11 is 0. The molecule has 8 nitrogen and oxygen atoms in total. The molecule has 1 aliphatic rings. The number of carbonyl (C=O) groups excluding carboxylic acids is 1. The van der Waals surface area contributed by atoms with Crippen LogP contribution in [0.1, 0.15) is 30.9 Å². The summed E-state index contributed by atoms with van der Waals surface area (Å²) in [6, 6.07) is 12.6. The number of benzene rings is 2. The van der Waals surface area contributed by atoms with E-state index in [9.17, 15) is 18.3 Å². The van der Waals surface area contributed by atoms with E-state index in [2.05, 4.69) is 0 Å². The van der Waals surface area contributed by atoms with Gasteiger partial charge in [0.25, 0.3) is 5.91 Å². The Morgan fingerprint density at radius 3 is 2.53 bits per heavy atom. The zero-order valence-electron chi connectivity index (χ0n) is 16.9. The minimum absolute atomic E-state index is 0.00280. The van der Waals surface area contributed by atoms with E-state index >= 15 is 0 Å². The number of hydrogen-bond acceptors (Lipinski definition) is 6. The zero-order chi connectivity index (χ0) is 21.9. The van der Waals surface area contributed by atoms with Crippen LogP contribution in [0.2, 0.25) is 0 Å². The van der Waals surface area contributed by atoms with Crippen LogP contribution in [0.4, 0.5) is 0 Å². The van der Waals surface area contributed by atoms with Crippen molar-refractivity contribution in [2.24, 2.45) is 0 Å². The van der Waals surface area contributed by atoms with E-state index in [1.165, 1.54) is 24.5 Å². The second-order valence-corrected chi connectivity index (χ2v) is 9.64. The average Bonchev–Trinajstić information content (AvgIpc) is 2.72. The quantitative estimate of drug-likeness (QED) is 0.473. The van der Waals surface area contributed by atoms with Gasteiger partial charge >= 0.3 is 0 Å². The number of aryl methyl sites for hydroxylation is 1. The number of nitrogens with one attached hydrogen (secondary N) is 1. The van der Waals surface area contributed by atoms with Gasteiger partial charge in [-0.25, -0.2) is 13.9 Å². The predicted molar refractivity (Wildman–Crippen MR) is 109 cm³/mol. The normalized spacial score (nSPS) is 22.5. The Kier molecular flexibility index (Phi) is 6.47. The van der Waals surface area contributed by atoms with Crippen LogP contribution >= 0.6 is 0 Å². The fourth-order valence-corrected chi connectivity index (χ4v) is 5.08. The molecule has 3 N–H and O–H groups in total. The highest BCUT2D eigenvalue weighted by molar-refractivity contribution is 7.89. The topological polar surface area (TPSA) is 116 Å². The fourth-order valence-electron chi connectivity index (χ4n) is 3.49. The molecular weight excluding hydrogens is 408 g/mol. The molecule has 1 heterocycles. The Morgan fingerprint density at radius 2 is 1.90 bits per heavy atom. The van der Waals surface area contributed by atoms with Crippen molar-refractivity contribution >= 4 is 15.9 Å². The second kappa shape index (κ2) is 8.73. The SMILES string of the molecule is Cc1ccccc1COc1ccc(S(=O)(=O)N2CC[C@](C)(O)C[C@@H]2C(=O)NO)cc1. The lowest BCUT2D eigenvalue weighted by molar-refractivity contribution is -0.137. The van der Waals surface area contributed by atoms with Crippen molar-refractivity contribution in [1.82, 2.24) is 9.79 Å². The van der Waals surface area contributed by atoms with Gasteiger partial charge in [0.1, 0.15) is 18.4 Å². The fraction of sp³-hybridized carbons (Fsp3) is 0.381. The van der Waals surface area contributed by atoms with Crippen LogP contribution in [0.3, 0.4) is 0 Å². The largest absolute Gasteiger partial charge is 0.489 e. The van der Waals surface area contributed by atoms with Crippen LogP contribution in [-0.4, -0.2) is 47.1 Å². The van der Waals surface area contributed by atoms with Crippen molar-refractivity contribution in [1.29, 1.82) is 0 Å². The van der Waals surface area contributed by atoms with Crippen molar-refractivity contribution < 1.29 is 28.3 Å². The molecule has 1 fully saturated rings. The Hall–Kier alpha value is -2.46. The van der Waals surface area contributed by atoms with E-state index in [4.69, 9.17) is 9.94 Å². The third kappa shape index (κ3) is 4.81. The van der Waals surface area contributed by atoms with Crippen LogP contribution in [0.15, 0.2) is 53.4 Å². The number of carbonyl (C=O) groups is 1. The number of aliphatic hydroxyl groups is 1. The van der Waals surface area contributed by atoms with Crippen molar-refractivity contribution in [3.8, 4) is 5.75 Å². The molecule has 1 amide bonds. The maximum absolute atomic E-state index is 13.1. The Labute approximate surface area is 176 Å². The molecule has 0 bridgehead atoms. The highest BCUT2D eigenvalue weighted by Gasteiger charge is 2.44. The van der Waals surface area contributed by atoms with E-state index in [1.54, 1.807) is 12.1 Å². The van der Waals surface area contributed by atoms with E-state index in [1.807, 2.05) is 31.2 Å². The number of piperidine rings is 1. The molecule has 162 valence electrons. The molecule has 2 aromatic carbocycles. The van der Waals surface area contributed by atoms with Gasteiger partial charge in [0.15, 0.2) is 0 Å². The van der Waals surface area contributed by atoms with Crippen LogP contribution in [-0.2, 0) is 21.4 Å². The molecule has 0 aliphatic carbocycles. The summed E-state index contributed by atoms with van der Waals surface area (Å²) in [5, 5.41) is 19.3. The molecule has 1 aliphatic heterocycles. The third-order valence-corrected chi connectivity index (χ3v) is 7.27. The number of nitrogens with zero attached hydrogens (tertiary/aromatic N) is 1. The predicted octanol–water partition coefficient (Wildman–Crippen LogP) is 1.98. The van der Waals surface area contributed by atoms with Crippen molar-refractivity contribution in [2.45, 2.75) is 49.8 Å². The molecule has 2 atom stereocenters. The lowest BCUT2D eigenvalue weighted by Gasteiger charge is -2.40. The number of sulfonamides is 1. The van der Waals surface area contributed by atoms with E-state index in [-0.39, 0.29) is 24.3 Å². The average molecular weight is 435 g/mol. The minimum atomic E-state index is -4.01. The molecule has 9 heteroatoms. The monoisotopic (exact) mass is 434 g/mol. The van der Waals surface area contributed by atoms with Gasteiger partial charge in [0.2, 0.25) is 10.0 Å². The standard InChI is InChI=1S/C21H26N2O6S/c1-15-5-3-4-6-16(15)14-29-17-7-9-18(10-8-17)30(27,28)23-12-11-21(2,25)13-19(23)20(24)22-26/h3-10,19,25-26H,11-14H2,1-2H3,(H,22,24)/t19-,21+/m1/s1. The van der Waals surface area contributed by atoms with E-state index in [0.717, 1.165) is 15.4 Å². The first-order valence-electron chi connectivity index (χ1n) is 9.59. The molecule has 0 spiro atoms. The lowest BCUT2D eigenvalue weighted by Crippen LogP contribution is -2.57. The molecule has 0 saturated carbocycles. The summed E-state index contributed by atoms with van der Waals surface area (Å²) in [7, 11) is -4.01. The summed E-state index contributed by atoms with van der Waals surface area (Å²) < 4.78 is 33.0. The Morgan fingerprint density at radius 1 is 1.23 bits per heavy atom. The molecule has 30 heavy (non-hydrogen) atoms. The maximum atomic E-state index is 13.1. The first kappa shape index (κ1) is 22.2. The van der Waals surface area contributed by atoms with Crippen LogP contribution in [0.5, 0.6) is 5.75 Å². The Balaban J connectivity index is 1.77. The summed E-state index contributed by atoms with van der Waals surface area (Å²) in [5.74, 6) is -0.361. The number of ether oxygens (including phenoxy) is 1. The summed E-state index contributed by atoms with van der Waals surface area (Å²) in [6.07, 6.45) is 0.0648. The van der Waals surface area contributed by atoms with Gasteiger partial charge in [0.05, 0.1) is 10.5 Å². The summed E-state index contributed by atoms with van der Waals surface area (Å²) in [6.45, 7) is 3.84. The van der Waals surface area contributed by atoms with Crippen LogP contribution in [0, 0.1) is 6.92 Å². The number of amides is 1. The van der Waals surface area contributed by atoms with E-state index in [0.29, 0.717) is 12.4 Å². The summed E-state index contributed by atoms with van der Waals surface area (Å²) in [5.41, 5.74) is 2.44. The van der Waals surface area contributed by atoms with Crippen LogP contribution in [0.25, 0.3) is 0 Å². The van der Waals surface area contributed by atoms with Crippen molar-refractivity contribution in [3.05, 3.63) is 59.7 Å². The first-order chi connectivity index (χ1) is 14.1. The minimum Gasteiger partial charge on any atom is -0.489 e. The highest BCUT2D eigenvalue weighted by atomic mass is 32.2. The van der Waals surface area contributed by atoms with Gasteiger partial charge in [-0.2, -0.15) is 4.31 Å². The van der Waals surface area contributed by atoms with Gasteiger partial charge in [-0.3, -0.25) is 10.0 Å². The molecule has 0 radical (unpaired) electrons. The second-order valence-electron chi connectivity index (χ2n) is 7.75. The van der Waals surface area contributed by atoms with Gasteiger partial charge in [-0.15, -0.1) is 0 Å². The van der Waals surface area contributed by atoms with Gasteiger partial charge in [-0.05, 0) is 55.7 Å². The molecule has 0 aromatic heterocycles. The molecule has 0 unspecified atom stereocenters. The molecule has 3 rings (SSSR count). The third-order valence-electron chi connectivity index (χ3n) is 5.35. The summed E-state index contributed by atoms with van der Waals surface area (Å²) in [4.78, 5) is 12.0. The number of rotatable bonds is 6. The molecular formula is C21H26N2O6S. The number of hydroxylamine groups is 1. The molecule has 1 saturated heterocycles. The maximum Gasteiger partial charge on any atom is 0.261 e. The smallest absolute Gasteiger partial charge is 0.261 e. The first-order valence-corrected chi connectivity index (χ1v) is 11.0. The van der Waals surface area contributed by atoms with Gasteiger partial charge in [0, 0.05) is 13.0 Å². The van der Waals surface area contributed by atoms with Crippen molar-refractivity contribution in [3.63, 3.8) is 0 Å². The zero-order valence-corrected chi connectivity index (χ0v) is 17.7. The Bertz CT molecular complexity index is 1000. The van der Waals surface area contributed by atoms with Crippen LogP contribution < -0.4 is 10.2 Å². The van der Waals surface area contributed by atoms with Crippen molar-refractivity contribution in [2.75, 3.05) is 6.54 Å². The van der Waals surface area contributed by atoms with Gasteiger partial charge in [-0.1, -0.05) is 24.3 Å².